The molecule has 0 N–H and O–H groups in total. The van der Waals surface area contributed by atoms with Crippen LogP contribution in [0.5, 0.6) is 0 Å². The molecule has 2 aliphatic rings. The van der Waals surface area contributed by atoms with Crippen LogP contribution in [-0.4, -0.2) is 41.1 Å². The molecule has 2 fully saturated rings. The quantitative estimate of drug-likeness (QED) is 0.763. The van der Waals surface area contributed by atoms with E-state index in [1.54, 1.807) is 24.5 Å². The molecule has 28 heavy (non-hydrogen) atoms. The average Bonchev–Trinajstić information content (AvgIpc) is 3.09. The Kier molecular flexibility index (Phi) is 5.46. The number of anilines is 1. The second-order valence-electron chi connectivity index (χ2n) is 7.64. The van der Waals surface area contributed by atoms with Gasteiger partial charge >= 0.3 is 0 Å². The third-order valence-electron chi connectivity index (χ3n) is 5.66. The van der Waals surface area contributed by atoms with Crippen LogP contribution >= 0.6 is 0 Å². The summed E-state index contributed by atoms with van der Waals surface area (Å²) >= 11 is 0. The number of nitrogens with zero attached hydrogens (tertiary/aromatic N) is 4. The zero-order valence-electron chi connectivity index (χ0n) is 16.2. The lowest BCUT2D eigenvalue weighted by Gasteiger charge is -2.32. The van der Waals surface area contributed by atoms with E-state index in [1.165, 1.54) is 0 Å². The van der Waals surface area contributed by atoms with Crippen molar-refractivity contribution in [3.05, 3.63) is 42.0 Å². The van der Waals surface area contributed by atoms with Crippen molar-refractivity contribution in [1.29, 1.82) is 0 Å². The van der Waals surface area contributed by atoms with Crippen molar-refractivity contribution in [3.8, 4) is 11.1 Å². The molecule has 1 saturated heterocycles. The van der Waals surface area contributed by atoms with Crippen LogP contribution in [0.15, 0.2) is 35.6 Å². The molecular formula is C22H25FN4O. The molecule has 1 aliphatic carbocycles. The van der Waals surface area contributed by atoms with Gasteiger partial charge in [-0.2, -0.15) is 0 Å². The molecule has 0 radical (unpaired) electrons. The fraction of sp³-hybridized carbons (Fsp3) is 0.455. The van der Waals surface area contributed by atoms with Crippen LogP contribution in [0.4, 0.5) is 10.3 Å². The van der Waals surface area contributed by atoms with Crippen molar-refractivity contribution in [1.82, 2.24) is 9.97 Å². The topological polar surface area (TPSA) is 58.5 Å². The summed E-state index contributed by atoms with van der Waals surface area (Å²) in [6.07, 6.45) is 7.54. The Morgan fingerprint density at radius 2 is 2.04 bits per heavy atom. The third-order valence-corrected chi connectivity index (χ3v) is 5.66. The van der Waals surface area contributed by atoms with E-state index in [-0.39, 0.29) is 5.82 Å². The van der Waals surface area contributed by atoms with E-state index >= 15 is 0 Å². The average molecular weight is 380 g/mol. The van der Waals surface area contributed by atoms with Gasteiger partial charge in [-0.3, -0.25) is 9.79 Å². The second kappa shape index (κ2) is 8.17. The Labute approximate surface area is 164 Å². The number of aliphatic imine (C=N–C) groups is 1. The van der Waals surface area contributed by atoms with Crippen molar-refractivity contribution >= 4 is 17.4 Å². The van der Waals surface area contributed by atoms with E-state index < -0.39 is 0 Å². The number of hydrogen-bond donors (Lipinski definition) is 0. The van der Waals surface area contributed by atoms with E-state index in [4.69, 9.17) is 0 Å². The lowest BCUT2D eigenvalue weighted by atomic mass is 10.0. The summed E-state index contributed by atoms with van der Waals surface area (Å²) in [5.41, 5.74) is 3.09. The molecule has 0 spiro atoms. The summed E-state index contributed by atoms with van der Waals surface area (Å²) in [6.45, 7) is 4.22. The zero-order valence-corrected chi connectivity index (χ0v) is 16.2. The smallest absolute Gasteiger partial charge is 0.225 e. The SMILES string of the molecule is CCc1cccc(-c2cnc(N3CC(=NCCC4CCC(=O)C4)C3)nc2)c1F. The van der Waals surface area contributed by atoms with E-state index in [1.807, 2.05) is 13.0 Å². The maximum absolute atomic E-state index is 14.5. The van der Waals surface area contributed by atoms with E-state index in [2.05, 4.69) is 19.9 Å². The number of aromatic nitrogens is 2. The van der Waals surface area contributed by atoms with Gasteiger partial charge in [-0.25, -0.2) is 14.4 Å². The van der Waals surface area contributed by atoms with Crippen molar-refractivity contribution in [2.75, 3.05) is 24.5 Å². The van der Waals surface area contributed by atoms with E-state index in [0.29, 0.717) is 40.8 Å². The van der Waals surface area contributed by atoms with Crippen LogP contribution in [0.25, 0.3) is 11.1 Å². The van der Waals surface area contributed by atoms with Crippen LogP contribution in [0.3, 0.4) is 0 Å². The van der Waals surface area contributed by atoms with Gasteiger partial charge in [0.2, 0.25) is 5.95 Å². The molecule has 5 nitrogen and oxygen atoms in total. The number of hydrogen-bond acceptors (Lipinski definition) is 5. The number of carbonyl (C=O) groups is 1. The highest BCUT2D eigenvalue weighted by Crippen LogP contribution is 2.26. The number of halogens is 1. The normalized spacial score (nSPS) is 19.1. The van der Waals surface area contributed by atoms with Gasteiger partial charge in [0.1, 0.15) is 11.6 Å². The molecular weight excluding hydrogens is 355 g/mol. The molecule has 1 unspecified atom stereocenters. The Bertz CT molecular complexity index is 886. The first-order chi connectivity index (χ1) is 13.6. The summed E-state index contributed by atoms with van der Waals surface area (Å²) in [4.78, 5) is 26.8. The van der Waals surface area contributed by atoms with E-state index in [9.17, 15) is 9.18 Å². The highest BCUT2D eigenvalue weighted by atomic mass is 19.1. The first-order valence-electron chi connectivity index (χ1n) is 10.0. The van der Waals surface area contributed by atoms with Gasteiger partial charge in [0.15, 0.2) is 0 Å². The van der Waals surface area contributed by atoms with Gasteiger partial charge in [0, 0.05) is 42.9 Å². The summed E-state index contributed by atoms with van der Waals surface area (Å²) in [6, 6.07) is 5.43. The first kappa shape index (κ1) is 18.7. The molecule has 4 rings (SSSR count). The highest BCUT2D eigenvalue weighted by molar-refractivity contribution is 5.99. The van der Waals surface area contributed by atoms with Gasteiger partial charge in [0.05, 0.1) is 18.8 Å². The van der Waals surface area contributed by atoms with Gasteiger partial charge in [-0.1, -0.05) is 25.1 Å². The van der Waals surface area contributed by atoms with Gasteiger partial charge < -0.3 is 4.90 Å². The van der Waals surface area contributed by atoms with E-state index in [0.717, 1.165) is 51.0 Å². The fourth-order valence-corrected chi connectivity index (χ4v) is 3.88. The molecule has 1 aliphatic heterocycles. The molecule has 0 bridgehead atoms. The van der Waals surface area contributed by atoms with Crippen LogP contribution in [0, 0.1) is 11.7 Å². The number of carbonyl (C=O) groups excluding carboxylic acids is 1. The minimum atomic E-state index is -0.191. The molecule has 0 amide bonds. The van der Waals surface area contributed by atoms with Crippen molar-refractivity contribution in [3.63, 3.8) is 0 Å². The van der Waals surface area contributed by atoms with Gasteiger partial charge in [-0.15, -0.1) is 0 Å². The van der Waals surface area contributed by atoms with Crippen LogP contribution in [0.1, 0.15) is 38.2 Å². The summed E-state index contributed by atoms with van der Waals surface area (Å²) in [5, 5.41) is 0. The third kappa shape index (κ3) is 3.96. The second-order valence-corrected chi connectivity index (χ2v) is 7.64. The minimum Gasteiger partial charge on any atom is -0.330 e. The van der Waals surface area contributed by atoms with Gasteiger partial charge in [-0.05, 0) is 30.7 Å². The largest absolute Gasteiger partial charge is 0.330 e. The van der Waals surface area contributed by atoms with Crippen LogP contribution < -0.4 is 4.90 Å². The van der Waals surface area contributed by atoms with Crippen molar-refractivity contribution in [2.24, 2.45) is 10.9 Å². The predicted octanol–water partition coefficient (Wildman–Crippen LogP) is 3.87. The predicted molar refractivity (Wildman–Crippen MR) is 108 cm³/mol. The number of benzene rings is 1. The maximum atomic E-state index is 14.5. The lowest BCUT2D eigenvalue weighted by molar-refractivity contribution is -0.117. The summed E-state index contributed by atoms with van der Waals surface area (Å²) in [5.74, 6) is 1.38. The Morgan fingerprint density at radius 1 is 1.25 bits per heavy atom. The maximum Gasteiger partial charge on any atom is 0.225 e. The fourth-order valence-electron chi connectivity index (χ4n) is 3.88. The molecule has 2 heterocycles. The molecule has 1 aromatic heterocycles. The monoisotopic (exact) mass is 380 g/mol. The van der Waals surface area contributed by atoms with Gasteiger partial charge in [0.25, 0.3) is 0 Å². The number of ketones is 1. The Hall–Kier alpha value is -2.63. The molecule has 6 heteroatoms. The highest BCUT2D eigenvalue weighted by Gasteiger charge is 2.25. The standard InChI is InChI=1S/C22H25FN4O/c1-2-16-4-3-5-20(21(16)23)17-11-25-22(26-12-17)27-13-18(14-27)24-9-8-15-6-7-19(28)10-15/h3-5,11-12,15H,2,6-10,13-14H2,1H3. The minimum absolute atomic E-state index is 0.191. The molecule has 146 valence electrons. The molecule has 1 atom stereocenters. The molecule has 1 aromatic carbocycles. The summed E-state index contributed by atoms with van der Waals surface area (Å²) in [7, 11) is 0. The molecule has 2 aromatic rings. The number of Topliss-reactive ketones (excluding diaryl/α,β-unsaturated/α-hetero) is 1. The number of aryl methyl sites for hydroxylation is 1. The summed E-state index contributed by atoms with van der Waals surface area (Å²) < 4.78 is 14.5. The Morgan fingerprint density at radius 3 is 2.71 bits per heavy atom. The molecule has 1 saturated carbocycles. The zero-order chi connectivity index (χ0) is 19.5. The van der Waals surface area contributed by atoms with Crippen molar-refractivity contribution in [2.45, 2.75) is 39.0 Å². The number of rotatable bonds is 6. The lowest BCUT2D eigenvalue weighted by Crippen LogP contribution is -2.48. The van der Waals surface area contributed by atoms with Crippen LogP contribution in [-0.2, 0) is 11.2 Å². The first-order valence-corrected chi connectivity index (χ1v) is 10.0. The van der Waals surface area contributed by atoms with Crippen LogP contribution in [0.2, 0.25) is 0 Å². The Balaban J connectivity index is 1.32. The van der Waals surface area contributed by atoms with Crippen molar-refractivity contribution < 1.29 is 9.18 Å².